The van der Waals surface area contributed by atoms with Gasteiger partial charge < -0.3 is 10.2 Å². The molecule has 3 nitrogen and oxygen atoms in total. The first-order valence-electron chi connectivity index (χ1n) is 6.87. The lowest BCUT2D eigenvalue weighted by Gasteiger charge is -2.30. The van der Waals surface area contributed by atoms with E-state index < -0.39 is 0 Å². The van der Waals surface area contributed by atoms with E-state index in [1.807, 2.05) is 0 Å². The molecule has 0 aromatic heterocycles. The van der Waals surface area contributed by atoms with Crippen molar-refractivity contribution in [3.05, 3.63) is 0 Å². The van der Waals surface area contributed by atoms with Gasteiger partial charge >= 0.3 is 0 Å². The van der Waals surface area contributed by atoms with Gasteiger partial charge in [-0.05, 0) is 13.0 Å². The largest absolute Gasteiger partial charge is 0.314 e. The first-order valence-corrected chi connectivity index (χ1v) is 6.87. The Labute approximate surface area is 101 Å². The van der Waals surface area contributed by atoms with Crippen molar-refractivity contribution in [3.8, 4) is 0 Å². The molecule has 1 fully saturated rings. The predicted molar refractivity (Wildman–Crippen MR) is 70.9 cm³/mol. The number of piperazine rings is 1. The van der Waals surface area contributed by atoms with Crippen LogP contribution in [0, 0.1) is 5.92 Å². The van der Waals surface area contributed by atoms with Crippen molar-refractivity contribution in [2.45, 2.75) is 26.7 Å². The average molecular weight is 227 g/mol. The summed E-state index contributed by atoms with van der Waals surface area (Å²) in [6, 6.07) is 0. The monoisotopic (exact) mass is 227 g/mol. The minimum atomic E-state index is 0.882. The molecule has 1 rings (SSSR count). The molecule has 0 aromatic rings. The molecule has 1 N–H and O–H groups in total. The number of likely N-dealkylation sites (N-methyl/N-ethyl adjacent to an activating group) is 1. The van der Waals surface area contributed by atoms with E-state index in [9.17, 15) is 0 Å². The zero-order valence-corrected chi connectivity index (χ0v) is 11.3. The molecule has 0 aromatic carbocycles. The smallest absolute Gasteiger partial charge is 0.0110 e. The SMILES string of the molecule is CCC(CC)CN(C)CCN1CCNCC1. The van der Waals surface area contributed by atoms with Crippen LogP contribution in [0.25, 0.3) is 0 Å². The molecule has 0 unspecified atom stereocenters. The molecule has 1 aliphatic heterocycles. The van der Waals surface area contributed by atoms with E-state index in [-0.39, 0.29) is 0 Å². The van der Waals surface area contributed by atoms with E-state index >= 15 is 0 Å². The van der Waals surface area contributed by atoms with Crippen LogP contribution in [-0.4, -0.2) is 62.7 Å². The normalized spacial score (nSPS) is 18.6. The van der Waals surface area contributed by atoms with E-state index in [1.54, 1.807) is 0 Å². The topological polar surface area (TPSA) is 18.5 Å². The molecule has 96 valence electrons. The summed E-state index contributed by atoms with van der Waals surface area (Å²) in [6.07, 6.45) is 2.63. The molecule has 1 aliphatic rings. The molecule has 16 heavy (non-hydrogen) atoms. The van der Waals surface area contributed by atoms with Crippen molar-refractivity contribution in [2.24, 2.45) is 5.92 Å². The summed E-state index contributed by atoms with van der Waals surface area (Å²) in [5.41, 5.74) is 0. The Morgan fingerprint density at radius 2 is 1.81 bits per heavy atom. The summed E-state index contributed by atoms with van der Waals surface area (Å²) >= 11 is 0. The third-order valence-electron chi connectivity index (χ3n) is 3.73. The molecule has 0 bridgehead atoms. The fourth-order valence-electron chi connectivity index (χ4n) is 2.33. The molecule has 3 heteroatoms. The third kappa shape index (κ3) is 5.28. The van der Waals surface area contributed by atoms with Gasteiger partial charge in [-0.3, -0.25) is 4.90 Å². The van der Waals surface area contributed by atoms with Crippen molar-refractivity contribution in [2.75, 3.05) is 52.9 Å². The standard InChI is InChI=1S/C13H29N3/c1-4-13(5-2)12-15(3)10-11-16-8-6-14-7-9-16/h13-14H,4-12H2,1-3H3. The van der Waals surface area contributed by atoms with Crippen molar-refractivity contribution < 1.29 is 0 Å². The number of hydrogen-bond acceptors (Lipinski definition) is 3. The van der Waals surface area contributed by atoms with Crippen molar-refractivity contribution in [3.63, 3.8) is 0 Å². The van der Waals surface area contributed by atoms with Gasteiger partial charge in [-0.15, -0.1) is 0 Å². The number of hydrogen-bond donors (Lipinski definition) is 1. The second kappa shape index (κ2) is 8.04. The Hall–Kier alpha value is -0.120. The van der Waals surface area contributed by atoms with Crippen molar-refractivity contribution in [1.29, 1.82) is 0 Å². The highest BCUT2D eigenvalue weighted by molar-refractivity contribution is 4.69. The Balaban J connectivity index is 2.10. The Morgan fingerprint density at radius 3 is 2.38 bits per heavy atom. The molecule has 0 atom stereocenters. The second-order valence-corrected chi connectivity index (χ2v) is 5.04. The van der Waals surface area contributed by atoms with Gasteiger partial charge in [0.15, 0.2) is 0 Å². The highest BCUT2D eigenvalue weighted by atomic mass is 15.2. The summed E-state index contributed by atoms with van der Waals surface area (Å²) in [7, 11) is 2.26. The van der Waals surface area contributed by atoms with E-state index in [1.165, 1.54) is 45.6 Å². The fraction of sp³-hybridized carbons (Fsp3) is 1.00. The maximum Gasteiger partial charge on any atom is 0.0110 e. The molecule has 1 heterocycles. The van der Waals surface area contributed by atoms with Gasteiger partial charge in [-0.1, -0.05) is 26.7 Å². The van der Waals surface area contributed by atoms with E-state index in [0.717, 1.165) is 19.0 Å². The summed E-state index contributed by atoms with van der Waals surface area (Å²) in [5, 5.41) is 3.40. The van der Waals surface area contributed by atoms with Crippen molar-refractivity contribution in [1.82, 2.24) is 15.1 Å². The highest BCUT2D eigenvalue weighted by Crippen LogP contribution is 2.08. The molecule has 0 saturated carbocycles. The summed E-state index contributed by atoms with van der Waals surface area (Å²) in [6.45, 7) is 13.1. The van der Waals surface area contributed by atoms with Gasteiger partial charge in [-0.25, -0.2) is 0 Å². The minimum absolute atomic E-state index is 0.882. The van der Waals surface area contributed by atoms with Crippen LogP contribution in [0.3, 0.4) is 0 Å². The highest BCUT2D eigenvalue weighted by Gasteiger charge is 2.11. The van der Waals surface area contributed by atoms with Crippen molar-refractivity contribution >= 4 is 0 Å². The Bertz CT molecular complexity index is 163. The zero-order chi connectivity index (χ0) is 11.8. The van der Waals surface area contributed by atoms with Gasteiger partial charge in [-0.2, -0.15) is 0 Å². The lowest BCUT2D eigenvalue weighted by atomic mass is 10.0. The lowest BCUT2D eigenvalue weighted by Crippen LogP contribution is -2.46. The van der Waals surface area contributed by atoms with Crippen LogP contribution >= 0.6 is 0 Å². The fourth-order valence-corrected chi connectivity index (χ4v) is 2.33. The number of rotatable bonds is 7. The lowest BCUT2D eigenvalue weighted by molar-refractivity contribution is 0.190. The first kappa shape index (κ1) is 13.9. The Kier molecular flexibility index (Phi) is 7.01. The Morgan fingerprint density at radius 1 is 1.19 bits per heavy atom. The zero-order valence-electron chi connectivity index (χ0n) is 11.3. The van der Waals surface area contributed by atoms with Crippen LogP contribution in [0.5, 0.6) is 0 Å². The van der Waals surface area contributed by atoms with Gasteiger partial charge in [0, 0.05) is 45.8 Å². The molecule has 0 radical (unpaired) electrons. The van der Waals surface area contributed by atoms with Gasteiger partial charge in [0.05, 0.1) is 0 Å². The van der Waals surface area contributed by atoms with Crippen LogP contribution in [0.4, 0.5) is 0 Å². The summed E-state index contributed by atoms with van der Waals surface area (Å²) < 4.78 is 0. The molecular weight excluding hydrogens is 198 g/mol. The maximum atomic E-state index is 3.40. The summed E-state index contributed by atoms with van der Waals surface area (Å²) in [4.78, 5) is 5.07. The third-order valence-corrected chi connectivity index (χ3v) is 3.73. The van der Waals surface area contributed by atoms with Gasteiger partial charge in [0.2, 0.25) is 0 Å². The van der Waals surface area contributed by atoms with E-state index in [0.29, 0.717) is 0 Å². The van der Waals surface area contributed by atoms with Crippen LogP contribution < -0.4 is 5.32 Å². The predicted octanol–water partition coefficient (Wildman–Crippen LogP) is 1.26. The summed E-state index contributed by atoms with van der Waals surface area (Å²) in [5.74, 6) is 0.882. The minimum Gasteiger partial charge on any atom is -0.314 e. The van der Waals surface area contributed by atoms with Crippen LogP contribution in [0.2, 0.25) is 0 Å². The van der Waals surface area contributed by atoms with E-state index in [2.05, 4.69) is 36.0 Å². The molecule has 0 amide bonds. The molecule has 0 spiro atoms. The first-order chi connectivity index (χ1) is 7.76. The van der Waals surface area contributed by atoms with Gasteiger partial charge in [0.25, 0.3) is 0 Å². The number of nitrogens with zero attached hydrogens (tertiary/aromatic N) is 2. The van der Waals surface area contributed by atoms with Crippen LogP contribution in [0.15, 0.2) is 0 Å². The molecule has 0 aliphatic carbocycles. The van der Waals surface area contributed by atoms with Gasteiger partial charge in [0.1, 0.15) is 0 Å². The van der Waals surface area contributed by atoms with Crippen LogP contribution in [-0.2, 0) is 0 Å². The van der Waals surface area contributed by atoms with E-state index in [4.69, 9.17) is 0 Å². The molecular formula is C13H29N3. The quantitative estimate of drug-likeness (QED) is 0.706. The maximum absolute atomic E-state index is 3.40. The second-order valence-electron chi connectivity index (χ2n) is 5.04. The molecule has 1 saturated heterocycles. The average Bonchev–Trinajstić information content (AvgIpc) is 2.34. The number of nitrogens with one attached hydrogen (secondary N) is 1. The van der Waals surface area contributed by atoms with Crippen LogP contribution in [0.1, 0.15) is 26.7 Å².